The van der Waals surface area contributed by atoms with E-state index in [-0.39, 0.29) is 6.04 Å². The second kappa shape index (κ2) is 9.48. The molecule has 3 nitrogen and oxygen atoms in total. The molecule has 108 valence electrons. The summed E-state index contributed by atoms with van der Waals surface area (Å²) in [6, 6.07) is 8.42. The average Bonchev–Trinajstić information content (AvgIpc) is 2.42. The van der Waals surface area contributed by atoms with Crippen molar-refractivity contribution in [1.29, 1.82) is 0 Å². The molecular formula is C15H24BrNO2. The molecule has 0 radical (unpaired) electrons. The lowest BCUT2D eigenvalue weighted by Gasteiger charge is -2.17. The first-order valence-electron chi connectivity index (χ1n) is 6.88. The van der Waals surface area contributed by atoms with Crippen LogP contribution in [0.5, 0.6) is 0 Å². The first kappa shape index (κ1) is 16.6. The maximum Gasteiger partial charge on any atom is 0.0897 e. The normalized spacial score (nSPS) is 14.3. The van der Waals surface area contributed by atoms with Gasteiger partial charge in [-0.25, -0.2) is 0 Å². The number of halogens is 1. The Kier molecular flexibility index (Phi) is 8.30. The van der Waals surface area contributed by atoms with Crippen molar-refractivity contribution in [3.63, 3.8) is 0 Å². The lowest BCUT2D eigenvalue weighted by atomic mass is 10.1. The van der Waals surface area contributed by atoms with Crippen LogP contribution in [0.25, 0.3) is 0 Å². The number of unbranched alkanes of at least 4 members (excludes halogenated alkanes) is 1. The molecule has 0 saturated carbocycles. The minimum Gasteiger partial charge on any atom is -0.389 e. The van der Waals surface area contributed by atoms with E-state index in [9.17, 15) is 5.11 Å². The summed E-state index contributed by atoms with van der Waals surface area (Å²) in [5.74, 6) is 0. The Balaban J connectivity index is 2.22. The first-order valence-corrected chi connectivity index (χ1v) is 7.67. The van der Waals surface area contributed by atoms with Crippen molar-refractivity contribution < 1.29 is 9.84 Å². The monoisotopic (exact) mass is 329 g/mol. The lowest BCUT2D eigenvalue weighted by molar-refractivity contribution is 0.0348. The fourth-order valence-corrected chi connectivity index (χ4v) is 1.97. The summed E-state index contributed by atoms with van der Waals surface area (Å²) in [6.45, 7) is 5.90. The van der Waals surface area contributed by atoms with Crippen LogP contribution in [-0.4, -0.2) is 31.0 Å². The predicted octanol–water partition coefficient (Wildman–Crippen LogP) is 3.28. The number of aliphatic hydroxyl groups excluding tert-OH is 1. The minimum absolute atomic E-state index is 0.221. The van der Waals surface area contributed by atoms with Crippen molar-refractivity contribution >= 4 is 15.9 Å². The van der Waals surface area contributed by atoms with Crippen molar-refractivity contribution in [2.75, 3.05) is 19.8 Å². The van der Waals surface area contributed by atoms with Crippen LogP contribution in [0.3, 0.4) is 0 Å². The molecule has 0 fully saturated rings. The fourth-order valence-electron chi connectivity index (χ4n) is 1.71. The zero-order valence-electron chi connectivity index (χ0n) is 11.7. The number of ether oxygens (including phenoxy) is 1. The van der Waals surface area contributed by atoms with Gasteiger partial charge < -0.3 is 15.2 Å². The van der Waals surface area contributed by atoms with Gasteiger partial charge in [-0.15, -0.1) is 0 Å². The third kappa shape index (κ3) is 7.06. The van der Waals surface area contributed by atoms with Crippen molar-refractivity contribution in [1.82, 2.24) is 5.32 Å². The van der Waals surface area contributed by atoms with Gasteiger partial charge in [0.2, 0.25) is 0 Å². The fraction of sp³-hybridized carbons (Fsp3) is 0.600. The smallest absolute Gasteiger partial charge is 0.0897 e. The van der Waals surface area contributed by atoms with Gasteiger partial charge in [0.25, 0.3) is 0 Å². The molecular weight excluding hydrogens is 306 g/mol. The molecule has 19 heavy (non-hydrogen) atoms. The van der Waals surface area contributed by atoms with Crippen molar-refractivity contribution in [3.8, 4) is 0 Å². The van der Waals surface area contributed by atoms with Gasteiger partial charge in [0.05, 0.1) is 12.7 Å². The highest BCUT2D eigenvalue weighted by atomic mass is 79.9. The van der Waals surface area contributed by atoms with E-state index in [1.165, 1.54) is 5.56 Å². The van der Waals surface area contributed by atoms with Crippen LogP contribution in [-0.2, 0) is 4.74 Å². The van der Waals surface area contributed by atoms with E-state index in [1.807, 2.05) is 12.1 Å². The zero-order chi connectivity index (χ0) is 14.1. The Bertz CT molecular complexity index is 343. The summed E-state index contributed by atoms with van der Waals surface area (Å²) in [4.78, 5) is 0. The maximum absolute atomic E-state index is 9.79. The van der Waals surface area contributed by atoms with Crippen LogP contribution in [0.2, 0.25) is 0 Å². The minimum atomic E-state index is -0.449. The first-order chi connectivity index (χ1) is 9.13. The second-order valence-electron chi connectivity index (χ2n) is 4.76. The Labute approximate surface area is 124 Å². The number of nitrogens with one attached hydrogen (secondary N) is 1. The highest BCUT2D eigenvalue weighted by Gasteiger charge is 2.08. The van der Waals surface area contributed by atoms with Crippen LogP contribution in [0.4, 0.5) is 0 Å². The number of rotatable bonds is 9. The van der Waals surface area contributed by atoms with Crippen LogP contribution in [0.1, 0.15) is 38.3 Å². The molecule has 1 aromatic rings. The number of aliphatic hydroxyl groups is 1. The maximum atomic E-state index is 9.79. The van der Waals surface area contributed by atoms with E-state index in [0.717, 1.165) is 23.9 Å². The summed E-state index contributed by atoms with van der Waals surface area (Å²) in [5, 5.41) is 13.1. The van der Waals surface area contributed by atoms with Gasteiger partial charge in [-0.3, -0.25) is 0 Å². The Hall–Kier alpha value is -0.420. The molecule has 1 rings (SSSR count). The predicted molar refractivity (Wildman–Crippen MR) is 82.3 cm³/mol. The summed E-state index contributed by atoms with van der Waals surface area (Å²) in [6.07, 6.45) is 1.72. The topological polar surface area (TPSA) is 41.5 Å². The van der Waals surface area contributed by atoms with E-state index in [4.69, 9.17) is 4.74 Å². The van der Waals surface area contributed by atoms with Crippen LogP contribution < -0.4 is 5.32 Å². The Morgan fingerprint density at radius 3 is 2.63 bits per heavy atom. The van der Waals surface area contributed by atoms with E-state index >= 15 is 0 Å². The Morgan fingerprint density at radius 2 is 2.00 bits per heavy atom. The highest BCUT2D eigenvalue weighted by molar-refractivity contribution is 9.10. The van der Waals surface area contributed by atoms with Gasteiger partial charge in [-0.2, -0.15) is 0 Å². The molecule has 0 saturated heterocycles. The molecule has 2 atom stereocenters. The summed E-state index contributed by atoms with van der Waals surface area (Å²) < 4.78 is 6.47. The van der Waals surface area contributed by atoms with Gasteiger partial charge >= 0.3 is 0 Å². The summed E-state index contributed by atoms with van der Waals surface area (Å²) >= 11 is 3.42. The van der Waals surface area contributed by atoms with Crippen LogP contribution in [0, 0.1) is 0 Å². The third-order valence-corrected chi connectivity index (χ3v) is 3.51. The van der Waals surface area contributed by atoms with Crippen LogP contribution in [0.15, 0.2) is 28.7 Å². The largest absolute Gasteiger partial charge is 0.389 e. The second-order valence-corrected chi connectivity index (χ2v) is 5.68. The molecule has 2 N–H and O–H groups in total. The van der Waals surface area contributed by atoms with Gasteiger partial charge in [0, 0.05) is 23.7 Å². The number of hydrogen-bond donors (Lipinski definition) is 2. The van der Waals surface area contributed by atoms with Crippen molar-refractivity contribution in [2.45, 2.75) is 38.8 Å². The highest BCUT2D eigenvalue weighted by Crippen LogP contribution is 2.16. The van der Waals surface area contributed by atoms with E-state index in [2.05, 4.69) is 47.2 Å². The average molecular weight is 330 g/mol. The molecule has 0 aromatic heterocycles. The molecule has 0 spiro atoms. The van der Waals surface area contributed by atoms with Gasteiger partial charge in [-0.1, -0.05) is 41.4 Å². The van der Waals surface area contributed by atoms with E-state index in [1.54, 1.807) is 0 Å². The molecule has 0 aliphatic heterocycles. The lowest BCUT2D eigenvalue weighted by Crippen LogP contribution is -2.32. The molecule has 0 aliphatic rings. The number of benzene rings is 1. The quantitative estimate of drug-likeness (QED) is 0.683. The van der Waals surface area contributed by atoms with Crippen LogP contribution >= 0.6 is 15.9 Å². The molecule has 0 aliphatic carbocycles. The SMILES string of the molecule is CCCCOCC(O)CN[C@@H](C)c1ccc(Br)cc1. The Morgan fingerprint density at radius 1 is 1.32 bits per heavy atom. The standard InChI is InChI=1S/C15H24BrNO2/c1-3-4-9-19-11-15(18)10-17-12(2)13-5-7-14(16)8-6-13/h5-8,12,15,17-18H,3-4,9-11H2,1-2H3/t12-,15?/m0/s1. The zero-order valence-corrected chi connectivity index (χ0v) is 13.3. The molecule has 0 bridgehead atoms. The summed E-state index contributed by atoms with van der Waals surface area (Å²) in [7, 11) is 0. The number of hydrogen-bond acceptors (Lipinski definition) is 3. The van der Waals surface area contributed by atoms with E-state index in [0.29, 0.717) is 13.2 Å². The van der Waals surface area contributed by atoms with E-state index < -0.39 is 6.10 Å². The van der Waals surface area contributed by atoms with Gasteiger partial charge in [0.15, 0.2) is 0 Å². The third-order valence-electron chi connectivity index (χ3n) is 2.98. The summed E-state index contributed by atoms with van der Waals surface area (Å²) in [5.41, 5.74) is 1.21. The molecule has 4 heteroatoms. The van der Waals surface area contributed by atoms with Crippen molar-refractivity contribution in [2.24, 2.45) is 0 Å². The van der Waals surface area contributed by atoms with Crippen molar-refractivity contribution in [3.05, 3.63) is 34.3 Å². The molecule has 0 heterocycles. The molecule has 1 unspecified atom stereocenters. The molecule has 1 aromatic carbocycles. The van der Waals surface area contributed by atoms with Gasteiger partial charge in [0.1, 0.15) is 0 Å². The molecule has 0 amide bonds. The van der Waals surface area contributed by atoms with Gasteiger partial charge in [-0.05, 0) is 31.0 Å².